The number of pyridine rings is 1. The van der Waals surface area contributed by atoms with Crippen molar-refractivity contribution in [3.05, 3.63) is 28.7 Å². The number of likely N-dealkylation sites (N-methyl/N-ethyl adjacent to an activating group) is 1. The van der Waals surface area contributed by atoms with E-state index in [0.717, 1.165) is 6.54 Å². The van der Waals surface area contributed by atoms with Crippen LogP contribution in [0.4, 0.5) is 0 Å². The number of aromatic nitrogens is 1. The van der Waals surface area contributed by atoms with E-state index in [1.165, 1.54) is 4.57 Å². The second kappa shape index (κ2) is 6.71. The van der Waals surface area contributed by atoms with Gasteiger partial charge >= 0.3 is 0 Å². The molecule has 0 saturated heterocycles. The lowest BCUT2D eigenvalue weighted by Gasteiger charge is -2.11. The van der Waals surface area contributed by atoms with Crippen molar-refractivity contribution in [3.63, 3.8) is 0 Å². The Morgan fingerprint density at radius 3 is 2.94 bits per heavy atom. The molecule has 0 radical (unpaired) electrons. The van der Waals surface area contributed by atoms with Gasteiger partial charge in [-0.1, -0.05) is 0 Å². The monoisotopic (exact) mass is 235 g/mol. The van der Waals surface area contributed by atoms with E-state index in [9.17, 15) is 4.79 Å². The lowest BCUT2D eigenvalue weighted by molar-refractivity contribution is 0.257. The van der Waals surface area contributed by atoms with Crippen LogP contribution in [0.25, 0.3) is 0 Å². The van der Waals surface area contributed by atoms with E-state index in [-0.39, 0.29) is 5.56 Å². The summed E-state index contributed by atoms with van der Waals surface area (Å²) >= 11 is 0. The molecule has 0 N–H and O–H groups in total. The van der Waals surface area contributed by atoms with Gasteiger partial charge in [-0.3, -0.25) is 4.79 Å². The molecule has 1 rings (SSSR count). The second-order valence-corrected chi connectivity index (χ2v) is 3.93. The first kappa shape index (κ1) is 13.3. The van der Waals surface area contributed by atoms with Gasteiger partial charge in [0.15, 0.2) is 5.75 Å². The third-order valence-electron chi connectivity index (χ3n) is 2.25. The Morgan fingerprint density at radius 2 is 2.29 bits per heavy atom. The highest BCUT2D eigenvalue weighted by Gasteiger charge is 2.03. The quantitative estimate of drug-likeness (QED) is 0.728. The first-order chi connectivity index (χ1) is 8.15. The molecule has 5 nitrogen and oxygen atoms in total. The van der Waals surface area contributed by atoms with Crippen LogP contribution >= 0.6 is 0 Å². The van der Waals surface area contributed by atoms with Crippen LogP contribution in [0.5, 0.6) is 5.75 Å². The van der Waals surface area contributed by atoms with Crippen LogP contribution < -0.4 is 10.3 Å². The summed E-state index contributed by atoms with van der Waals surface area (Å²) in [7, 11) is 3.89. The normalized spacial score (nSPS) is 10.2. The van der Waals surface area contributed by atoms with Gasteiger partial charge in [0.1, 0.15) is 6.61 Å². The molecular formula is C12H17N3O2. The van der Waals surface area contributed by atoms with E-state index in [4.69, 9.17) is 10.00 Å². The van der Waals surface area contributed by atoms with Crippen molar-refractivity contribution in [2.45, 2.75) is 13.0 Å². The van der Waals surface area contributed by atoms with Crippen LogP contribution in [0, 0.1) is 11.3 Å². The highest BCUT2D eigenvalue weighted by atomic mass is 16.5. The Balaban J connectivity index is 2.67. The molecule has 0 unspecified atom stereocenters. The van der Waals surface area contributed by atoms with Gasteiger partial charge < -0.3 is 14.2 Å². The van der Waals surface area contributed by atoms with Crippen molar-refractivity contribution < 1.29 is 4.74 Å². The number of nitriles is 1. The lowest BCUT2D eigenvalue weighted by atomic mass is 10.4. The first-order valence-corrected chi connectivity index (χ1v) is 5.49. The molecule has 0 aromatic carbocycles. The fraction of sp³-hybridized carbons (Fsp3) is 0.500. The molecule has 0 aliphatic heterocycles. The molecule has 0 aliphatic carbocycles. The summed E-state index contributed by atoms with van der Waals surface area (Å²) in [5.41, 5.74) is -0.179. The van der Waals surface area contributed by atoms with Crippen molar-refractivity contribution >= 4 is 0 Å². The summed E-state index contributed by atoms with van der Waals surface area (Å²) in [5, 5.41) is 8.49. The topological polar surface area (TPSA) is 58.3 Å². The minimum absolute atomic E-state index is 0.179. The van der Waals surface area contributed by atoms with Crippen molar-refractivity contribution in [2.24, 2.45) is 0 Å². The molecule has 1 heterocycles. The van der Waals surface area contributed by atoms with Gasteiger partial charge in [-0.2, -0.15) is 5.26 Å². The molecule has 0 saturated carbocycles. The van der Waals surface area contributed by atoms with E-state index >= 15 is 0 Å². The Labute approximate surface area is 101 Å². The SMILES string of the molecule is CN(C)CCOc1cccn(CCC#N)c1=O. The molecule has 0 amide bonds. The summed E-state index contributed by atoms with van der Waals surface area (Å²) < 4.78 is 6.90. The molecule has 0 spiro atoms. The largest absolute Gasteiger partial charge is 0.487 e. The standard InChI is InChI=1S/C12H17N3O2/c1-14(2)9-10-17-11-5-3-7-15(12(11)16)8-4-6-13/h3,5,7H,4,8-10H2,1-2H3. The average Bonchev–Trinajstić information content (AvgIpc) is 2.29. The number of rotatable bonds is 6. The van der Waals surface area contributed by atoms with Crippen LogP contribution in [-0.2, 0) is 6.54 Å². The summed E-state index contributed by atoms with van der Waals surface area (Å²) in [6, 6.07) is 5.42. The minimum atomic E-state index is -0.179. The van der Waals surface area contributed by atoms with Gasteiger partial charge in [0.2, 0.25) is 0 Å². The zero-order valence-corrected chi connectivity index (χ0v) is 10.2. The van der Waals surface area contributed by atoms with E-state index in [2.05, 4.69) is 0 Å². The molecule has 17 heavy (non-hydrogen) atoms. The van der Waals surface area contributed by atoms with Gasteiger partial charge in [0, 0.05) is 19.3 Å². The lowest BCUT2D eigenvalue weighted by Crippen LogP contribution is -2.24. The highest BCUT2D eigenvalue weighted by molar-refractivity contribution is 5.17. The molecule has 5 heteroatoms. The Hall–Kier alpha value is -1.80. The fourth-order valence-electron chi connectivity index (χ4n) is 1.31. The maximum Gasteiger partial charge on any atom is 0.292 e. The molecule has 0 atom stereocenters. The number of nitrogens with zero attached hydrogens (tertiary/aromatic N) is 3. The van der Waals surface area contributed by atoms with E-state index in [0.29, 0.717) is 25.3 Å². The van der Waals surface area contributed by atoms with Crippen molar-refractivity contribution in [2.75, 3.05) is 27.2 Å². The van der Waals surface area contributed by atoms with Crippen molar-refractivity contribution in [1.29, 1.82) is 5.26 Å². The third kappa shape index (κ3) is 4.29. The Morgan fingerprint density at radius 1 is 1.53 bits per heavy atom. The fourth-order valence-corrected chi connectivity index (χ4v) is 1.31. The summed E-state index contributed by atoms with van der Waals surface area (Å²) in [4.78, 5) is 13.8. The molecule has 0 bridgehead atoms. The average molecular weight is 235 g/mol. The van der Waals surface area contributed by atoms with Crippen LogP contribution in [0.15, 0.2) is 23.1 Å². The third-order valence-corrected chi connectivity index (χ3v) is 2.25. The van der Waals surface area contributed by atoms with Gasteiger partial charge in [-0.05, 0) is 26.2 Å². The number of ether oxygens (including phenoxy) is 1. The number of hydrogen-bond donors (Lipinski definition) is 0. The maximum atomic E-state index is 11.9. The zero-order chi connectivity index (χ0) is 12.7. The zero-order valence-electron chi connectivity index (χ0n) is 10.2. The molecular weight excluding hydrogens is 218 g/mol. The van der Waals surface area contributed by atoms with Crippen molar-refractivity contribution in [1.82, 2.24) is 9.47 Å². The summed E-state index contributed by atoms with van der Waals surface area (Å²) in [6.45, 7) is 1.64. The summed E-state index contributed by atoms with van der Waals surface area (Å²) in [5.74, 6) is 0.340. The molecule has 0 aliphatic rings. The Bertz CT molecular complexity index is 446. The maximum absolute atomic E-state index is 11.9. The van der Waals surface area contributed by atoms with Gasteiger partial charge in [-0.25, -0.2) is 0 Å². The van der Waals surface area contributed by atoms with Crippen LogP contribution in [-0.4, -0.2) is 36.7 Å². The first-order valence-electron chi connectivity index (χ1n) is 5.49. The van der Waals surface area contributed by atoms with Crippen LogP contribution in [0.1, 0.15) is 6.42 Å². The predicted octanol–water partition coefficient (Wildman–Crippen LogP) is 0.702. The molecule has 92 valence electrons. The van der Waals surface area contributed by atoms with Gasteiger partial charge in [-0.15, -0.1) is 0 Å². The molecule has 1 aromatic rings. The van der Waals surface area contributed by atoms with E-state index < -0.39 is 0 Å². The minimum Gasteiger partial charge on any atom is -0.487 e. The van der Waals surface area contributed by atoms with Crippen LogP contribution in [0.3, 0.4) is 0 Å². The second-order valence-electron chi connectivity index (χ2n) is 3.93. The van der Waals surface area contributed by atoms with E-state index in [1.807, 2.05) is 25.1 Å². The Kier molecular flexibility index (Phi) is 5.24. The summed E-state index contributed by atoms with van der Waals surface area (Å²) in [6.07, 6.45) is 1.99. The highest BCUT2D eigenvalue weighted by Crippen LogP contribution is 2.02. The molecule has 1 aromatic heterocycles. The number of aryl methyl sites for hydroxylation is 1. The smallest absolute Gasteiger partial charge is 0.292 e. The van der Waals surface area contributed by atoms with Crippen molar-refractivity contribution in [3.8, 4) is 11.8 Å². The van der Waals surface area contributed by atoms with Crippen LogP contribution in [0.2, 0.25) is 0 Å². The number of hydrogen-bond acceptors (Lipinski definition) is 4. The van der Waals surface area contributed by atoms with E-state index in [1.54, 1.807) is 18.3 Å². The predicted molar refractivity (Wildman–Crippen MR) is 65.0 cm³/mol. The molecule has 0 fully saturated rings. The van der Waals surface area contributed by atoms with Gasteiger partial charge in [0.05, 0.1) is 12.5 Å². The van der Waals surface area contributed by atoms with Gasteiger partial charge in [0.25, 0.3) is 5.56 Å².